The minimum atomic E-state index is -1.12. The number of guanidine groups is 1. The number of aliphatic imine (C=N–C) groups is 1. The van der Waals surface area contributed by atoms with Crippen LogP contribution in [0.3, 0.4) is 0 Å². The van der Waals surface area contributed by atoms with E-state index in [9.17, 15) is 14.4 Å². The van der Waals surface area contributed by atoms with Crippen molar-refractivity contribution in [2.24, 2.45) is 10.7 Å². The van der Waals surface area contributed by atoms with Crippen LogP contribution in [-0.2, 0) is 19.1 Å². The number of hydrogen-bond donors (Lipinski definition) is 2. The van der Waals surface area contributed by atoms with Crippen LogP contribution in [0, 0.1) is 0 Å². The van der Waals surface area contributed by atoms with Crippen LogP contribution in [-0.4, -0.2) is 47.9 Å². The Kier molecular flexibility index (Phi) is 7.37. The summed E-state index contributed by atoms with van der Waals surface area (Å²) in [6.45, 7) is 4.23. The van der Waals surface area contributed by atoms with E-state index in [2.05, 4.69) is 10.3 Å². The number of fused-ring (bicyclic) bond motifs is 2. The average molecular weight is 451 g/mol. The van der Waals surface area contributed by atoms with Crippen molar-refractivity contribution in [1.29, 1.82) is 0 Å². The molecule has 168 valence electrons. The fraction of sp³-hybridized carbons (Fsp3) is 0.524. The molecule has 31 heavy (non-hydrogen) atoms. The number of carbonyl (C=O) groups is 3. The summed E-state index contributed by atoms with van der Waals surface area (Å²) in [5, 5.41) is 3.02. The second-order valence-electron chi connectivity index (χ2n) is 7.58. The number of unbranched alkanes of at least 4 members (excludes halogenated alkanes) is 4. The highest BCUT2D eigenvalue weighted by Gasteiger charge is 2.46. The van der Waals surface area contributed by atoms with E-state index in [1.165, 1.54) is 6.92 Å². The number of hydrogen-bond acceptors (Lipinski definition) is 7. The van der Waals surface area contributed by atoms with Crippen molar-refractivity contribution in [3.05, 3.63) is 22.7 Å². The van der Waals surface area contributed by atoms with Crippen molar-refractivity contribution >= 4 is 41.0 Å². The fourth-order valence-electron chi connectivity index (χ4n) is 3.81. The van der Waals surface area contributed by atoms with Gasteiger partial charge in [0.25, 0.3) is 5.91 Å². The number of carbonyl (C=O) groups excluding carboxylic acids is 3. The summed E-state index contributed by atoms with van der Waals surface area (Å²) in [4.78, 5) is 40.6. The zero-order valence-electron chi connectivity index (χ0n) is 17.7. The SMILES string of the molecule is CC(=O)OCCCCCCCOc1ccc2c(c1Cl)C(C)N1C(=N2)NC(=O)C1C(N)=O. The lowest BCUT2D eigenvalue weighted by atomic mass is 10.0. The predicted octanol–water partition coefficient (Wildman–Crippen LogP) is 2.58. The molecule has 2 unspecified atom stereocenters. The minimum Gasteiger partial charge on any atom is -0.492 e. The third-order valence-corrected chi connectivity index (χ3v) is 5.70. The standard InChI is InChI=1S/C21H27ClN4O5/c1-12-16-14(24-21-25-20(29)18(19(23)28)26(12)21)8-9-15(17(16)22)31-11-7-5-3-4-6-10-30-13(2)27/h8-9,12,18H,3-7,10-11H2,1-2H3,(H2,23,28)(H,24,25,29). The van der Waals surface area contributed by atoms with Crippen LogP contribution < -0.4 is 15.8 Å². The molecule has 2 heterocycles. The van der Waals surface area contributed by atoms with E-state index in [4.69, 9.17) is 26.8 Å². The number of benzene rings is 1. The Bertz CT molecular complexity index is 904. The summed E-state index contributed by atoms with van der Waals surface area (Å²) in [5.41, 5.74) is 6.73. The van der Waals surface area contributed by atoms with E-state index < -0.39 is 17.9 Å². The summed E-state index contributed by atoms with van der Waals surface area (Å²) in [7, 11) is 0. The number of amides is 2. The summed E-state index contributed by atoms with van der Waals surface area (Å²) < 4.78 is 10.8. The molecule has 2 aliphatic heterocycles. The molecule has 0 aromatic heterocycles. The third kappa shape index (κ3) is 5.10. The van der Waals surface area contributed by atoms with Gasteiger partial charge in [0.05, 0.1) is 30.0 Å². The minimum absolute atomic E-state index is 0.246. The molecular formula is C21H27ClN4O5. The maximum Gasteiger partial charge on any atom is 0.302 e. The molecule has 0 saturated carbocycles. The molecule has 2 aliphatic rings. The zero-order valence-corrected chi connectivity index (χ0v) is 18.4. The van der Waals surface area contributed by atoms with Gasteiger partial charge in [-0.05, 0) is 31.9 Å². The first-order chi connectivity index (χ1) is 14.8. The Labute approximate surface area is 185 Å². The zero-order chi connectivity index (χ0) is 22.5. The molecule has 9 nitrogen and oxygen atoms in total. The summed E-state index contributed by atoms with van der Waals surface area (Å²) >= 11 is 6.61. The second-order valence-corrected chi connectivity index (χ2v) is 7.96. The summed E-state index contributed by atoms with van der Waals surface area (Å²) in [6.07, 6.45) is 4.75. The number of esters is 1. The first-order valence-electron chi connectivity index (χ1n) is 10.4. The maximum atomic E-state index is 12.1. The van der Waals surface area contributed by atoms with Gasteiger partial charge >= 0.3 is 5.97 Å². The van der Waals surface area contributed by atoms with E-state index in [0.717, 1.165) is 32.1 Å². The van der Waals surface area contributed by atoms with E-state index in [1.807, 2.05) is 6.92 Å². The number of nitrogens with zero attached hydrogens (tertiary/aromatic N) is 2. The molecule has 0 radical (unpaired) electrons. The van der Waals surface area contributed by atoms with Crippen LogP contribution >= 0.6 is 11.6 Å². The highest BCUT2D eigenvalue weighted by Crippen LogP contribution is 2.44. The molecule has 0 aliphatic carbocycles. The van der Waals surface area contributed by atoms with Gasteiger partial charge < -0.3 is 20.1 Å². The predicted molar refractivity (Wildman–Crippen MR) is 115 cm³/mol. The van der Waals surface area contributed by atoms with Gasteiger partial charge in [-0.1, -0.05) is 30.9 Å². The largest absolute Gasteiger partial charge is 0.492 e. The van der Waals surface area contributed by atoms with Gasteiger partial charge in [-0.15, -0.1) is 0 Å². The Morgan fingerprint density at radius 1 is 1.19 bits per heavy atom. The van der Waals surface area contributed by atoms with Crippen molar-refractivity contribution < 1.29 is 23.9 Å². The number of rotatable bonds is 10. The van der Waals surface area contributed by atoms with E-state index in [1.54, 1.807) is 17.0 Å². The maximum absolute atomic E-state index is 12.1. The van der Waals surface area contributed by atoms with Crippen LogP contribution in [0.5, 0.6) is 5.75 Å². The van der Waals surface area contributed by atoms with Gasteiger partial charge in [0.1, 0.15) is 5.75 Å². The molecule has 0 bridgehead atoms. The topological polar surface area (TPSA) is 123 Å². The Balaban J connectivity index is 1.56. The Hall–Kier alpha value is -2.81. The summed E-state index contributed by atoms with van der Waals surface area (Å²) in [5.74, 6) is -0.646. The van der Waals surface area contributed by atoms with Crippen molar-refractivity contribution in [2.75, 3.05) is 13.2 Å². The lowest BCUT2D eigenvalue weighted by Gasteiger charge is -2.33. The molecule has 3 N–H and O–H groups in total. The monoisotopic (exact) mass is 450 g/mol. The first-order valence-corrected chi connectivity index (χ1v) is 10.7. The second kappa shape index (κ2) is 10.00. The molecule has 3 rings (SSSR count). The summed E-state index contributed by atoms with van der Waals surface area (Å²) in [6, 6.07) is 2.04. The Morgan fingerprint density at radius 2 is 1.87 bits per heavy atom. The number of primary amides is 1. The van der Waals surface area contributed by atoms with Crippen molar-refractivity contribution in [2.45, 2.75) is 58.0 Å². The molecular weight excluding hydrogens is 424 g/mol. The number of nitrogens with two attached hydrogens (primary N) is 1. The normalized spacial score (nSPS) is 19.3. The van der Waals surface area contributed by atoms with Gasteiger partial charge in [0.15, 0.2) is 6.04 Å². The number of halogens is 1. The van der Waals surface area contributed by atoms with Crippen LogP contribution in [0.4, 0.5) is 5.69 Å². The van der Waals surface area contributed by atoms with Crippen molar-refractivity contribution in [3.63, 3.8) is 0 Å². The quantitative estimate of drug-likeness (QED) is 0.321. The van der Waals surface area contributed by atoms with Gasteiger partial charge in [-0.25, -0.2) is 4.99 Å². The van der Waals surface area contributed by atoms with E-state index in [-0.39, 0.29) is 12.0 Å². The Morgan fingerprint density at radius 3 is 2.55 bits per heavy atom. The smallest absolute Gasteiger partial charge is 0.302 e. The van der Waals surface area contributed by atoms with Gasteiger partial charge in [0, 0.05) is 12.5 Å². The molecule has 1 aromatic rings. The van der Waals surface area contributed by atoms with Gasteiger partial charge in [-0.2, -0.15) is 0 Å². The lowest BCUT2D eigenvalue weighted by Crippen LogP contribution is -2.47. The van der Waals surface area contributed by atoms with Crippen molar-refractivity contribution in [1.82, 2.24) is 10.2 Å². The number of nitrogens with one attached hydrogen (secondary N) is 1. The van der Waals surface area contributed by atoms with Crippen LogP contribution in [0.25, 0.3) is 0 Å². The van der Waals surface area contributed by atoms with Crippen LogP contribution in [0.2, 0.25) is 5.02 Å². The molecule has 1 fully saturated rings. The molecule has 2 atom stereocenters. The first kappa shape index (κ1) is 22.9. The molecule has 2 amide bonds. The van der Waals surface area contributed by atoms with Gasteiger partial charge in [-0.3, -0.25) is 19.7 Å². The highest BCUT2D eigenvalue weighted by atomic mass is 35.5. The molecule has 1 saturated heterocycles. The molecule has 0 spiro atoms. The van der Waals surface area contributed by atoms with E-state index >= 15 is 0 Å². The molecule has 10 heteroatoms. The third-order valence-electron chi connectivity index (χ3n) is 5.31. The van der Waals surface area contributed by atoms with E-state index in [0.29, 0.717) is 41.2 Å². The van der Waals surface area contributed by atoms with Crippen LogP contribution in [0.15, 0.2) is 17.1 Å². The lowest BCUT2D eigenvalue weighted by molar-refractivity contribution is -0.141. The average Bonchev–Trinajstić information content (AvgIpc) is 3.04. The highest BCUT2D eigenvalue weighted by molar-refractivity contribution is 6.33. The number of ether oxygens (including phenoxy) is 2. The fourth-order valence-corrected chi connectivity index (χ4v) is 4.18. The molecule has 1 aromatic carbocycles. The van der Waals surface area contributed by atoms with Gasteiger partial charge in [0.2, 0.25) is 11.9 Å². The van der Waals surface area contributed by atoms with Crippen molar-refractivity contribution in [3.8, 4) is 5.75 Å². The van der Waals surface area contributed by atoms with Crippen LogP contribution in [0.1, 0.15) is 57.6 Å².